The van der Waals surface area contributed by atoms with Gasteiger partial charge < -0.3 is 5.32 Å². The number of thiophene rings is 1. The molecule has 2 heteroatoms. The monoisotopic (exact) mass is 237 g/mol. The van der Waals surface area contributed by atoms with E-state index in [1.165, 1.54) is 41.9 Å². The highest BCUT2D eigenvalue weighted by molar-refractivity contribution is 7.11. The predicted octanol–water partition coefficient (Wildman–Crippen LogP) is 3.98. The number of hydrogen-bond acceptors (Lipinski definition) is 2. The summed E-state index contributed by atoms with van der Waals surface area (Å²) in [6, 6.07) is 5.28. The van der Waals surface area contributed by atoms with Crippen LogP contribution in [0, 0.1) is 5.92 Å². The summed E-state index contributed by atoms with van der Waals surface area (Å²) in [4.78, 5) is 3.00. The standard InChI is InChI=1S/C14H23NS/c1-3-12(9-11-5-6-11)15-10-14-8-7-13(4-2)16-14/h7-8,11-12,15H,3-6,9-10H2,1-2H3. The molecule has 0 saturated heterocycles. The van der Waals surface area contributed by atoms with E-state index in [1.54, 1.807) is 0 Å². The van der Waals surface area contributed by atoms with Crippen molar-refractivity contribution < 1.29 is 0 Å². The molecule has 0 amide bonds. The van der Waals surface area contributed by atoms with E-state index in [9.17, 15) is 0 Å². The zero-order valence-electron chi connectivity index (χ0n) is 10.5. The van der Waals surface area contributed by atoms with Crippen molar-refractivity contribution in [2.45, 2.75) is 58.5 Å². The average Bonchev–Trinajstić information content (AvgIpc) is 3.00. The van der Waals surface area contributed by atoms with Gasteiger partial charge in [-0.3, -0.25) is 0 Å². The predicted molar refractivity (Wildman–Crippen MR) is 72.0 cm³/mol. The van der Waals surface area contributed by atoms with Gasteiger partial charge in [-0.15, -0.1) is 11.3 Å². The van der Waals surface area contributed by atoms with Crippen molar-refractivity contribution in [3.05, 3.63) is 21.9 Å². The van der Waals surface area contributed by atoms with E-state index in [0.29, 0.717) is 0 Å². The second kappa shape index (κ2) is 5.83. The molecule has 1 aromatic heterocycles. The first-order valence-corrected chi connectivity index (χ1v) is 7.44. The highest BCUT2D eigenvalue weighted by atomic mass is 32.1. The minimum Gasteiger partial charge on any atom is -0.309 e. The Labute approximate surface area is 103 Å². The van der Waals surface area contributed by atoms with Gasteiger partial charge in [0.15, 0.2) is 0 Å². The molecule has 1 N–H and O–H groups in total. The van der Waals surface area contributed by atoms with E-state index in [4.69, 9.17) is 0 Å². The number of nitrogens with one attached hydrogen (secondary N) is 1. The van der Waals surface area contributed by atoms with Crippen LogP contribution in [0.15, 0.2) is 12.1 Å². The minimum atomic E-state index is 0.736. The van der Waals surface area contributed by atoms with Gasteiger partial charge in [0.2, 0.25) is 0 Å². The second-order valence-electron chi connectivity index (χ2n) is 4.89. The highest BCUT2D eigenvalue weighted by Gasteiger charge is 2.24. The van der Waals surface area contributed by atoms with Crippen molar-refractivity contribution in [3.8, 4) is 0 Å². The van der Waals surface area contributed by atoms with Crippen LogP contribution in [0.2, 0.25) is 0 Å². The number of rotatable bonds is 7. The molecule has 1 unspecified atom stereocenters. The van der Waals surface area contributed by atoms with Gasteiger partial charge in [0, 0.05) is 22.3 Å². The van der Waals surface area contributed by atoms with Gasteiger partial charge in [-0.1, -0.05) is 26.7 Å². The molecule has 0 radical (unpaired) electrons. The molecule has 90 valence electrons. The Balaban J connectivity index is 1.75. The summed E-state index contributed by atoms with van der Waals surface area (Å²) in [5.41, 5.74) is 0. The fourth-order valence-corrected chi connectivity index (χ4v) is 3.01. The van der Waals surface area contributed by atoms with E-state index < -0.39 is 0 Å². The fourth-order valence-electron chi connectivity index (χ4n) is 2.10. The molecule has 1 fully saturated rings. The summed E-state index contributed by atoms with van der Waals surface area (Å²) >= 11 is 1.96. The van der Waals surface area contributed by atoms with Gasteiger partial charge in [-0.05, 0) is 37.3 Å². The maximum Gasteiger partial charge on any atom is 0.0302 e. The summed E-state index contributed by atoms with van der Waals surface area (Å²) in [6.07, 6.45) is 6.77. The quantitative estimate of drug-likeness (QED) is 0.756. The minimum absolute atomic E-state index is 0.736. The van der Waals surface area contributed by atoms with E-state index in [0.717, 1.165) is 18.5 Å². The molecule has 0 aliphatic heterocycles. The Bertz CT molecular complexity index is 314. The van der Waals surface area contributed by atoms with E-state index >= 15 is 0 Å². The third kappa shape index (κ3) is 3.60. The second-order valence-corrected chi connectivity index (χ2v) is 6.14. The van der Waals surface area contributed by atoms with Crippen LogP contribution < -0.4 is 5.32 Å². The first kappa shape index (κ1) is 12.1. The van der Waals surface area contributed by atoms with E-state index in [-0.39, 0.29) is 0 Å². The Hall–Kier alpha value is -0.340. The van der Waals surface area contributed by atoms with Crippen LogP contribution in [-0.4, -0.2) is 6.04 Å². The summed E-state index contributed by atoms with van der Waals surface area (Å²) in [5.74, 6) is 1.03. The summed E-state index contributed by atoms with van der Waals surface area (Å²) in [5, 5.41) is 3.70. The maximum atomic E-state index is 3.70. The molecule has 2 rings (SSSR count). The van der Waals surface area contributed by atoms with Crippen LogP contribution in [0.5, 0.6) is 0 Å². The topological polar surface area (TPSA) is 12.0 Å². The molecule has 1 aliphatic carbocycles. The zero-order valence-corrected chi connectivity index (χ0v) is 11.3. The Morgan fingerprint density at radius 2 is 2.06 bits per heavy atom. The smallest absolute Gasteiger partial charge is 0.0302 e. The van der Waals surface area contributed by atoms with Gasteiger partial charge in [-0.2, -0.15) is 0 Å². The lowest BCUT2D eigenvalue weighted by Crippen LogP contribution is -2.28. The third-order valence-corrected chi connectivity index (χ3v) is 4.67. The van der Waals surface area contributed by atoms with Crippen molar-refractivity contribution in [2.75, 3.05) is 0 Å². The molecule has 1 saturated carbocycles. The SMILES string of the molecule is CCc1ccc(CNC(CC)CC2CC2)s1. The van der Waals surface area contributed by atoms with Crippen molar-refractivity contribution in [3.63, 3.8) is 0 Å². The zero-order chi connectivity index (χ0) is 11.4. The molecule has 16 heavy (non-hydrogen) atoms. The molecule has 0 bridgehead atoms. The van der Waals surface area contributed by atoms with Crippen LogP contribution in [0.3, 0.4) is 0 Å². The van der Waals surface area contributed by atoms with Crippen molar-refractivity contribution >= 4 is 11.3 Å². The lowest BCUT2D eigenvalue weighted by atomic mass is 10.1. The summed E-state index contributed by atoms with van der Waals surface area (Å²) in [6.45, 7) is 5.59. The average molecular weight is 237 g/mol. The molecule has 1 atom stereocenters. The summed E-state index contributed by atoms with van der Waals surface area (Å²) in [7, 11) is 0. The molecule has 0 spiro atoms. The van der Waals surface area contributed by atoms with Gasteiger partial charge in [0.25, 0.3) is 0 Å². The maximum absolute atomic E-state index is 3.70. The first-order valence-electron chi connectivity index (χ1n) is 6.62. The molecule has 1 aromatic rings. The highest BCUT2D eigenvalue weighted by Crippen LogP contribution is 2.34. The van der Waals surface area contributed by atoms with Gasteiger partial charge >= 0.3 is 0 Å². The molecular formula is C14H23NS. The van der Waals surface area contributed by atoms with E-state index in [1.807, 2.05) is 11.3 Å². The molecule has 0 aromatic carbocycles. The van der Waals surface area contributed by atoms with Crippen molar-refractivity contribution in [2.24, 2.45) is 5.92 Å². The van der Waals surface area contributed by atoms with Crippen LogP contribution in [0.25, 0.3) is 0 Å². The largest absolute Gasteiger partial charge is 0.309 e. The third-order valence-electron chi connectivity index (χ3n) is 3.44. The Morgan fingerprint density at radius 3 is 2.62 bits per heavy atom. The van der Waals surface area contributed by atoms with E-state index in [2.05, 4.69) is 31.3 Å². The Morgan fingerprint density at radius 1 is 1.31 bits per heavy atom. The number of hydrogen-bond donors (Lipinski definition) is 1. The molecule has 1 heterocycles. The summed E-state index contributed by atoms with van der Waals surface area (Å²) < 4.78 is 0. The molecular weight excluding hydrogens is 214 g/mol. The van der Waals surface area contributed by atoms with Crippen LogP contribution in [-0.2, 0) is 13.0 Å². The van der Waals surface area contributed by atoms with Crippen molar-refractivity contribution in [1.82, 2.24) is 5.32 Å². The lowest BCUT2D eigenvalue weighted by molar-refractivity contribution is 0.446. The molecule has 1 nitrogen and oxygen atoms in total. The number of aryl methyl sites for hydroxylation is 1. The normalized spacial score (nSPS) is 17.6. The van der Waals surface area contributed by atoms with Gasteiger partial charge in [0.05, 0.1) is 0 Å². The van der Waals surface area contributed by atoms with Crippen LogP contribution in [0.1, 0.15) is 49.3 Å². The van der Waals surface area contributed by atoms with Gasteiger partial charge in [-0.25, -0.2) is 0 Å². The van der Waals surface area contributed by atoms with Gasteiger partial charge in [0.1, 0.15) is 0 Å². The molecule has 1 aliphatic rings. The lowest BCUT2D eigenvalue weighted by Gasteiger charge is -2.15. The van der Waals surface area contributed by atoms with Crippen molar-refractivity contribution in [1.29, 1.82) is 0 Å². The fraction of sp³-hybridized carbons (Fsp3) is 0.714. The van der Waals surface area contributed by atoms with Crippen LogP contribution in [0.4, 0.5) is 0 Å². The van der Waals surface area contributed by atoms with Crippen LogP contribution >= 0.6 is 11.3 Å². The first-order chi connectivity index (χ1) is 7.81. The Kier molecular flexibility index (Phi) is 4.42.